The lowest BCUT2D eigenvalue weighted by Crippen LogP contribution is -2.62. The maximum atomic E-state index is 12.9. The molecule has 1 fully saturated rings. The number of para-hydroxylation sites is 2. The van der Waals surface area contributed by atoms with Crippen molar-refractivity contribution in [1.82, 2.24) is 9.80 Å². The molecule has 0 saturated carbocycles. The fourth-order valence-electron chi connectivity index (χ4n) is 3.08. The Morgan fingerprint density at radius 3 is 2.46 bits per heavy atom. The number of amides is 2. The fourth-order valence-corrected chi connectivity index (χ4v) is 3.08. The molecule has 0 aliphatic carbocycles. The van der Waals surface area contributed by atoms with E-state index in [-0.39, 0.29) is 26.2 Å². The molecule has 1 aromatic carbocycles. The molecule has 2 aliphatic rings. The number of piperazine rings is 1. The molecule has 2 aliphatic heterocycles. The van der Waals surface area contributed by atoms with Gasteiger partial charge in [-0.15, -0.1) is 0 Å². The van der Waals surface area contributed by atoms with Crippen LogP contribution in [0.25, 0.3) is 0 Å². The molecule has 2 amide bonds. The first-order chi connectivity index (χ1) is 13.2. The normalized spacial score (nSPS) is 21.8. The second-order valence-electron chi connectivity index (χ2n) is 7.68. The average molecular weight is 392 g/mol. The number of hydrogen-bond acceptors (Lipinski definition) is 6. The summed E-state index contributed by atoms with van der Waals surface area (Å²) in [7, 11) is 0. The van der Waals surface area contributed by atoms with Crippen LogP contribution >= 0.6 is 0 Å². The Hall–Kier alpha value is -2.97. The van der Waals surface area contributed by atoms with Gasteiger partial charge in [0.2, 0.25) is 6.10 Å². The number of carboxylic acids is 1. The van der Waals surface area contributed by atoms with Gasteiger partial charge in [0.25, 0.3) is 5.91 Å². The van der Waals surface area contributed by atoms with E-state index >= 15 is 0 Å². The van der Waals surface area contributed by atoms with E-state index in [0.29, 0.717) is 11.5 Å². The van der Waals surface area contributed by atoms with E-state index in [9.17, 15) is 19.5 Å². The topological polar surface area (TPSA) is 106 Å². The molecule has 0 aromatic heterocycles. The number of benzene rings is 1. The lowest BCUT2D eigenvalue weighted by atomic mass is 10.1. The Kier molecular flexibility index (Phi) is 5.35. The van der Waals surface area contributed by atoms with E-state index in [4.69, 9.17) is 14.2 Å². The van der Waals surface area contributed by atoms with Crippen LogP contribution < -0.4 is 9.47 Å². The fraction of sp³-hybridized carbons (Fsp3) is 0.526. The first-order valence-corrected chi connectivity index (χ1v) is 9.05. The standard InChI is InChI=1S/C19H24N2O7/c1-19(2,3)28-18(25)20-8-9-21(12(10-20)17(23)24)16(22)15-11-26-13-6-4-5-7-14(13)27-15/h4-7,12,15H,8-11H2,1-3H3,(H,23,24)/t12-,15-/m1/s1. The van der Waals surface area contributed by atoms with Crippen molar-refractivity contribution in [3.05, 3.63) is 24.3 Å². The molecule has 9 heteroatoms. The molecule has 0 spiro atoms. The highest BCUT2D eigenvalue weighted by atomic mass is 16.6. The summed E-state index contributed by atoms with van der Waals surface area (Å²) in [5.41, 5.74) is -0.691. The number of fused-ring (bicyclic) bond motifs is 1. The predicted molar refractivity (Wildman–Crippen MR) is 97.3 cm³/mol. The number of ether oxygens (including phenoxy) is 3. The molecule has 0 radical (unpaired) electrons. The van der Waals surface area contributed by atoms with Crippen LogP contribution in [0, 0.1) is 0 Å². The minimum absolute atomic E-state index is 0.00549. The van der Waals surface area contributed by atoms with Crippen molar-refractivity contribution < 1.29 is 33.7 Å². The quantitative estimate of drug-likeness (QED) is 0.810. The van der Waals surface area contributed by atoms with Gasteiger partial charge < -0.3 is 29.1 Å². The highest BCUT2D eigenvalue weighted by molar-refractivity contribution is 5.88. The van der Waals surface area contributed by atoms with Gasteiger partial charge in [-0.2, -0.15) is 0 Å². The van der Waals surface area contributed by atoms with Crippen LogP contribution in [-0.2, 0) is 14.3 Å². The van der Waals surface area contributed by atoms with Crippen molar-refractivity contribution in [2.45, 2.75) is 38.5 Å². The van der Waals surface area contributed by atoms with Gasteiger partial charge in [0, 0.05) is 13.1 Å². The lowest BCUT2D eigenvalue weighted by molar-refractivity contribution is -0.158. The highest BCUT2D eigenvalue weighted by Gasteiger charge is 2.42. The Morgan fingerprint density at radius 1 is 1.14 bits per heavy atom. The van der Waals surface area contributed by atoms with Crippen molar-refractivity contribution in [3.63, 3.8) is 0 Å². The molecule has 1 saturated heterocycles. The van der Waals surface area contributed by atoms with Gasteiger partial charge in [0.15, 0.2) is 11.5 Å². The number of nitrogens with zero attached hydrogens (tertiary/aromatic N) is 2. The zero-order chi connectivity index (χ0) is 20.5. The SMILES string of the molecule is CC(C)(C)OC(=O)N1CCN(C(=O)[C@H]2COc3ccccc3O2)[C@@H](C(=O)O)C1. The molecule has 0 bridgehead atoms. The Balaban J connectivity index is 1.69. The van der Waals surface area contributed by atoms with Crippen LogP contribution in [-0.4, -0.2) is 76.9 Å². The summed E-state index contributed by atoms with van der Waals surface area (Å²) in [5.74, 6) is -0.702. The maximum absolute atomic E-state index is 12.9. The zero-order valence-corrected chi connectivity index (χ0v) is 16.1. The average Bonchev–Trinajstić information content (AvgIpc) is 2.65. The van der Waals surface area contributed by atoms with Crippen molar-refractivity contribution >= 4 is 18.0 Å². The lowest BCUT2D eigenvalue weighted by Gasteiger charge is -2.41. The zero-order valence-electron chi connectivity index (χ0n) is 16.1. The van der Waals surface area contributed by atoms with E-state index in [1.165, 1.54) is 9.80 Å². The minimum Gasteiger partial charge on any atom is -0.485 e. The van der Waals surface area contributed by atoms with Crippen molar-refractivity contribution in [3.8, 4) is 11.5 Å². The number of rotatable bonds is 2. The molecule has 3 rings (SSSR count). The number of carboxylic acid groups (broad SMARTS) is 1. The second-order valence-corrected chi connectivity index (χ2v) is 7.68. The third-order valence-corrected chi connectivity index (χ3v) is 4.38. The van der Waals surface area contributed by atoms with Gasteiger partial charge in [-0.1, -0.05) is 12.1 Å². The minimum atomic E-state index is -1.20. The summed E-state index contributed by atoms with van der Waals surface area (Å²) in [4.78, 5) is 39.5. The van der Waals surface area contributed by atoms with Crippen molar-refractivity contribution in [1.29, 1.82) is 0 Å². The molecule has 2 heterocycles. The highest BCUT2D eigenvalue weighted by Crippen LogP contribution is 2.31. The molecule has 9 nitrogen and oxygen atoms in total. The predicted octanol–water partition coefficient (Wildman–Crippen LogP) is 1.36. The Bertz CT molecular complexity index is 774. The molecule has 28 heavy (non-hydrogen) atoms. The van der Waals surface area contributed by atoms with Crippen LogP contribution in [0.3, 0.4) is 0 Å². The summed E-state index contributed by atoms with van der Waals surface area (Å²) in [6.45, 7) is 5.28. The Morgan fingerprint density at radius 2 is 1.82 bits per heavy atom. The summed E-state index contributed by atoms with van der Waals surface area (Å²) in [6.07, 6.45) is -1.54. The summed E-state index contributed by atoms with van der Waals surface area (Å²) >= 11 is 0. The van der Waals surface area contributed by atoms with Crippen molar-refractivity contribution in [2.75, 3.05) is 26.2 Å². The third kappa shape index (κ3) is 4.29. The second kappa shape index (κ2) is 7.57. The molecule has 2 atom stereocenters. The van der Waals surface area contributed by atoms with E-state index in [1.54, 1.807) is 45.0 Å². The molecular formula is C19H24N2O7. The van der Waals surface area contributed by atoms with E-state index in [0.717, 1.165) is 0 Å². The number of carbonyl (C=O) groups is 3. The molecule has 1 N–H and O–H groups in total. The molecule has 152 valence electrons. The van der Waals surface area contributed by atoms with E-state index < -0.39 is 35.7 Å². The van der Waals surface area contributed by atoms with Crippen molar-refractivity contribution in [2.24, 2.45) is 0 Å². The summed E-state index contributed by atoms with van der Waals surface area (Å²) in [6, 6.07) is 5.78. The first kappa shape index (κ1) is 19.8. The van der Waals surface area contributed by atoms with Crippen LogP contribution in [0.15, 0.2) is 24.3 Å². The van der Waals surface area contributed by atoms with Gasteiger partial charge in [0.1, 0.15) is 18.2 Å². The molecule has 1 aromatic rings. The van der Waals surface area contributed by atoms with Crippen LogP contribution in [0.2, 0.25) is 0 Å². The largest absolute Gasteiger partial charge is 0.485 e. The van der Waals surface area contributed by atoms with Crippen LogP contribution in [0.1, 0.15) is 20.8 Å². The number of aliphatic carboxylic acids is 1. The first-order valence-electron chi connectivity index (χ1n) is 9.05. The summed E-state index contributed by atoms with van der Waals surface area (Å²) in [5, 5.41) is 9.60. The van der Waals surface area contributed by atoms with Gasteiger partial charge in [-0.25, -0.2) is 9.59 Å². The number of hydrogen-bond donors (Lipinski definition) is 1. The Labute approximate surface area is 162 Å². The van der Waals surface area contributed by atoms with Gasteiger partial charge in [-0.3, -0.25) is 4.79 Å². The van der Waals surface area contributed by atoms with Gasteiger partial charge in [-0.05, 0) is 32.9 Å². The maximum Gasteiger partial charge on any atom is 0.410 e. The number of carbonyl (C=O) groups excluding carboxylic acids is 2. The molecule has 0 unspecified atom stereocenters. The van der Waals surface area contributed by atoms with E-state index in [1.807, 2.05) is 0 Å². The van der Waals surface area contributed by atoms with Crippen LogP contribution in [0.4, 0.5) is 4.79 Å². The third-order valence-electron chi connectivity index (χ3n) is 4.38. The summed E-state index contributed by atoms with van der Waals surface area (Å²) < 4.78 is 16.6. The van der Waals surface area contributed by atoms with E-state index in [2.05, 4.69) is 0 Å². The smallest absolute Gasteiger partial charge is 0.410 e. The molecular weight excluding hydrogens is 368 g/mol. The van der Waals surface area contributed by atoms with Crippen LogP contribution in [0.5, 0.6) is 11.5 Å². The van der Waals surface area contributed by atoms with Gasteiger partial charge >= 0.3 is 12.1 Å². The van der Waals surface area contributed by atoms with Gasteiger partial charge in [0.05, 0.1) is 6.54 Å². The monoisotopic (exact) mass is 392 g/mol.